The first-order valence-electron chi connectivity index (χ1n) is 6.68. The Morgan fingerprint density at radius 3 is 2.12 bits per heavy atom. The van der Waals surface area contributed by atoms with Crippen LogP contribution in [0.25, 0.3) is 0 Å². The number of fused-ring (bicyclic) bond motifs is 2. The fraction of sp³-hybridized carbons (Fsp3) is 0.929. The molecule has 2 heterocycles. The Morgan fingerprint density at radius 2 is 1.69 bits per heavy atom. The lowest BCUT2D eigenvalue weighted by atomic mass is 9.78. The highest BCUT2D eigenvalue weighted by molar-refractivity contribution is 5.80. The summed E-state index contributed by atoms with van der Waals surface area (Å²) in [5, 5.41) is 0. The van der Waals surface area contributed by atoms with Crippen LogP contribution in [-0.2, 0) is 4.79 Å². The summed E-state index contributed by atoms with van der Waals surface area (Å²) in [5.41, 5.74) is 0.314. The van der Waals surface area contributed by atoms with Crippen molar-refractivity contribution in [1.29, 1.82) is 0 Å². The van der Waals surface area contributed by atoms with E-state index in [0.717, 1.165) is 12.8 Å². The molecule has 0 aromatic heterocycles. The average molecular weight is 223 g/mol. The van der Waals surface area contributed by atoms with Gasteiger partial charge < -0.3 is 0 Å². The summed E-state index contributed by atoms with van der Waals surface area (Å²) < 4.78 is 0. The predicted octanol–water partition coefficient (Wildman–Crippen LogP) is 3.01. The molecule has 0 aromatic carbocycles. The summed E-state index contributed by atoms with van der Waals surface area (Å²) >= 11 is 0. The molecule has 0 aromatic rings. The molecule has 0 radical (unpaired) electrons. The van der Waals surface area contributed by atoms with E-state index in [4.69, 9.17) is 0 Å². The van der Waals surface area contributed by atoms with Gasteiger partial charge in [0.1, 0.15) is 5.78 Å². The van der Waals surface area contributed by atoms with Crippen LogP contribution in [0.15, 0.2) is 0 Å². The van der Waals surface area contributed by atoms with Crippen LogP contribution in [-0.4, -0.2) is 28.8 Å². The van der Waals surface area contributed by atoms with E-state index in [1.54, 1.807) is 0 Å². The molecule has 2 aliphatic rings. The van der Waals surface area contributed by atoms with Gasteiger partial charge >= 0.3 is 0 Å². The van der Waals surface area contributed by atoms with Gasteiger partial charge in [-0.3, -0.25) is 9.69 Å². The number of hydrogen-bond acceptors (Lipinski definition) is 2. The zero-order valence-corrected chi connectivity index (χ0v) is 11.1. The second-order valence-electron chi connectivity index (χ2n) is 6.67. The van der Waals surface area contributed by atoms with Crippen molar-refractivity contribution in [1.82, 2.24) is 4.90 Å². The minimum absolute atomic E-state index is 0.314. The van der Waals surface area contributed by atoms with Gasteiger partial charge in [-0.25, -0.2) is 0 Å². The molecule has 3 unspecified atom stereocenters. The molecule has 3 atom stereocenters. The van der Waals surface area contributed by atoms with Crippen molar-refractivity contribution in [2.75, 3.05) is 0 Å². The van der Waals surface area contributed by atoms with E-state index in [9.17, 15) is 4.79 Å². The van der Waals surface area contributed by atoms with Gasteiger partial charge in [-0.15, -0.1) is 0 Å². The quantitative estimate of drug-likeness (QED) is 0.681. The number of Topliss-reactive ketones (excluding diaryl/α,β-unsaturated/α-hetero) is 1. The summed E-state index contributed by atoms with van der Waals surface area (Å²) in [6, 6.07) is 1.65. The monoisotopic (exact) mass is 223 g/mol. The Balaban J connectivity index is 2.17. The number of piperidine rings is 2. The van der Waals surface area contributed by atoms with Crippen LogP contribution in [0.4, 0.5) is 0 Å². The fourth-order valence-corrected chi connectivity index (χ4v) is 3.29. The van der Waals surface area contributed by atoms with Gasteiger partial charge in [0.25, 0.3) is 0 Å². The maximum atomic E-state index is 11.7. The van der Waals surface area contributed by atoms with Crippen molar-refractivity contribution >= 4 is 5.78 Å². The van der Waals surface area contributed by atoms with Gasteiger partial charge in [0.2, 0.25) is 0 Å². The minimum atomic E-state index is 0.314. The molecule has 2 saturated heterocycles. The minimum Gasteiger partial charge on any atom is -0.300 e. The number of carbonyl (C=O) groups is 1. The number of rotatable bonds is 1. The van der Waals surface area contributed by atoms with E-state index in [0.29, 0.717) is 29.3 Å². The normalized spacial score (nSPS) is 33.9. The van der Waals surface area contributed by atoms with Gasteiger partial charge in [-0.05, 0) is 25.2 Å². The maximum Gasteiger partial charge on any atom is 0.136 e. The lowest BCUT2D eigenvalue weighted by molar-refractivity contribution is -0.130. The molecular weight excluding hydrogens is 198 g/mol. The second-order valence-corrected chi connectivity index (χ2v) is 6.67. The molecule has 2 nitrogen and oxygen atoms in total. The molecule has 2 bridgehead atoms. The van der Waals surface area contributed by atoms with Gasteiger partial charge in [0.05, 0.1) is 0 Å². The Bertz CT molecular complexity index is 263. The Morgan fingerprint density at radius 1 is 1.19 bits per heavy atom. The van der Waals surface area contributed by atoms with E-state index < -0.39 is 0 Å². The molecule has 2 heteroatoms. The Hall–Kier alpha value is -0.370. The highest BCUT2D eigenvalue weighted by atomic mass is 16.1. The van der Waals surface area contributed by atoms with Crippen molar-refractivity contribution in [3.8, 4) is 0 Å². The Labute approximate surface area is 99.4 Å². The van der Waals surface area contributed by atoms with Gasteiger partial charge in [0.15, 0.2) is 0 Å². The number of nitrogens with zero attached hydrogens (tertiary/aromatic N) is 1. The molecule has 0 N–H and O–H groups in total. The number of hydrogen-bond donors (Lipinski definition) is 0. The van der Waals surface area contributed by atoms with Crippen molar-refractivity contribution in [3.63, 3.8) is 0 Å². The van der Waals surface area contributed by atoms with Gasteiger partial charge in [0, 0.05) is 31.0 Å². The van der Waals surface area contributed by atoms with E-state index in [1.807, 2.05) is 0 Å². The number of carbonyl (C=O) groups excluding carboxylic acids is 1. The maximum absolute atomic E-state index is 11.7. The molecule has 92 valence electrons. The zero-order chi connectivity index (χ0) is 11.9. The topological polar surface area (TPSA) is 20.3 Å². The van der Waals surface area contributed by atoms with Crippen molar-refractivity contribution in [2.24, 2.45) is 5.41 Å². The molecule has 16 heavy (non-hydrogen) atoms. The highest BCUT2D eigenvalue weighted by Crippen LogP contribution is 2.38. The number of ketones is 1. The lowest BCUT2D eigenvalue weighted by Gasteiger charge is -2.52. The molecule has 0 saturated carbocycles. The summed E-state index contributed by atoms with van der Waals surface area (Å²) in [5.74, 6) is 0.493. The largest absolute Gasteiger partial charge is 0.300 e. The second kappa shape index (κ2) is 4.14. The first-order chi connectivity index (χ1) is 7.39. The third-order valence-electron chi connectivity index (χ3n) is 4.55. The smallest absolute Gasteiger partial charge is 0.136 e. The van der Waals surface area contributed by atoms with Crippen LogP contribution in [0.1, 0.15) is 59.8 Å². The lowest BCUT2D eigenvalue weighted by Crippen LogP contribution is -2.58. The highest BCUT2D eigenvalue weighted by Gasteiger charge is 2.42. The third-order valence-corrected chi connectivity index (χ3v) is 4.55. The molecule has 2 fully saturated rings. The first-order valence-corrected chi connectivity index (χ1v) is 6.68. The fourth-order valence-electron chi connectivity index (χ4n) is 3.29. The molecule has 2 aliphatic heterocycles. The standard InChI is InChI=1S/C14H25NO/c1-10(14(2,3)4)15-11-6-5-7-12(15)9-13(16)8-11/h10-12H,5-9H2,1-4H3. The SMILES string of the molecule is CC(N1C2CCCC1CC(=O)C2)C(C)(C)C. The van der Waals surface area contributed by atoms with E-state index in [2.05, 4.69) is 32.6 Å². The molecule has 0 spiro atoms. The van der Waals surface area contributed by atoms with E-state index in [-0.39, 0.29) is 0 Å². The summed E-state index contributed by atoms with van der Waals surface area (Å²) in [6.45, 7) is 9.26. The molecule has 0 amide bonds. The predicted molar refractivity (Wildman–Crippen MR) is 66.4 cm³/mol. The molecule has 2 rings (SSSR count). The van der Waals surface area contributed by atoms with Crippen molar-refractivity contribution < 1.29 is 4.79 Å². The van der Waals surface area contributed by atoms with Crippen LogP contribution in [0, 0.1) is 5.41 Å². The van der Waals surface area contributed by atoms with Gasteiger partial charge in [-0.2, -0.15) is 0 Å². The van der Waals surface area contributed by atoms with E-state index >= 15 is 0 Å². The molecule has 0 aliphatic carbocycles. The summed E-state index contributed by atoms with van der Waals surface area (Å²) in [4.78, 5) is 14.3. The van der Waals surface area contributed by atoms with Crippen LogP contribution < -0.4 is 0 Å². The van der Waals surface area contributed by atoms with Crippen molar-refractivity contribution in [3.05, 3.63) is 0 Å². The van der Waals surface area contributed by atoms with Gasteiger partial charge in [-0.1, -0.05) is 27.2 Å². The Kier molecular flexibility index (Phi) is 3.13. The van der Waals surface area contributed by atoms with Crippen LogP contribution in [0.3, 0.4) is 0 Å². The third kappa shape index (κ3) is 2.17. The van der Waals surface area contributed by atoms with E-state index in [1.165, 1.54) is 19.3 Å². The summed E-state index contributed by atoms with van der Waals surface area (Å²) in [6.07, 6.45) is 5.37. The molecular formula is C14H25NO. The summed E-state index contributed by atoms with van der Waals surface area (Å²) in [7, 11) is 0. The van der Waals surface area contributed by atoms with Crippen LogP contribution >= 0.6 is 0 Å². The first kappa shape index (κ1) is 12.1. The van der Waals surface area contributed by atoms with Crippen molar-refractivity contribution in [2.45, 2.75) is 77.9 Å². The average Bonchev–Trinajstić information content (AvgIpc) is 2.13. The zero-order valence-electron chi connectivity index (χ0n) is 11.1. The van der Waals surface area contributed by atoms with Crippen LogP contribution in [0.5, 0.6) is 0 Å². The van der Waals surface area contributed by atoms with Crippen LogP contribution in [0.2, 0.25) is 0 Å².